The van der Waals surface area contributed by atoms with Crippen LogP contribution in [0.5, 0.6) is 0 Å². The van der Waals surface area contributed by atoms with Gasteiger partial charge in [0.2, 0.25) is 5.89 Å². The number of aliphatic hydroxyl groups is 4. The molecule has 1 aliphatic heterocycles. The number of hydrogen-bond acceptors (Lipinski definition) is 8. The molecule has 1 aromatic carbocycles. The summed E-state index contributed by atoms with van der Waals surface area (Å²) in [4.78, 5) is 6.00. The van der Waals surface area contributed by atoms with Gasteiger partial charge in [0.1, 0.15) is 18.5 Å². The Kier molecular flexibility index (Phi) is 8.50. The number of oxazole rings is 1. The molecule has 2 aromatic rings. The largest absolute Gasteiger partial charge is 0.445 e. The number of halogens is 1. The van der Waals surface area contributed by atoms with Crippen LogP contribution in [-0.4, -0.2) is 80.9 Å². The van der Waals surface area contributed by atoms with Gasteiger partial charge in [0.05, 0.1) is 24.9 Å². The summed E-state index contributed by atoms with van der Waals surface area (Å²) in [5.41, 5.74) is 1.74. The molecule has 0 radical (unpaired) electrons. The van der Waals surface area contributed by atoms with Gasteiger partial charge >= 0.3 is 0 Å². The van der Waals surface area contributed by atoms with Gasteiger partial charge in [-0.1, -0.05) is 24.4 Å². The summed E-state index contributed by atoms with van der Waals surface area (Å²) in [7, 11) is 0. The zero-order chi connectivity index (χ0) is 21.5. The van der Waals surface area contributed by atoms with Crippen LogP contribution < -0.4 is 5.32 Å². The highest BCUT2D eigenvalue weighted by Crippen LogP contribution is 2.26. The highest BCUT2D eigenvalue weighted by Gasteiger charge is 2.40. The fraction of sp³-hybridized carbons (Fsp3) is 0.571. The number of unbranched alkanes of at least 4 members (excludes halogenated alkanes) is 3. The molecule has 1 aliphatic rings. The number of nitrogens with one attached hydrogen (secondary N) is 1. The first-order valence-corrected chi connectivity index (χ1v) is 10.7. The number of anilines is 1. The molecular formula is C21H30ClN3O5. The number of benzene rings is 1. The maximum atomic E-state index is 10.0. The van der Waals surface area contributed by atoms with E-state index in [4.69, 9.17) is 16.0 Å². The van der Waals surface area contributed by atoms with E-state index in [2.05, 4.69) is 10.3 Å². The topological polar surface area (TPSA) is 122 Å². The lowest BCUT2D eigenvalue weighted by molar-refractivity contribution is -0.145. The van der Waals surface area contributed by atoms with Crippen LogP contribution >= 0.6 is 11.6 Å². The lowest BCUT2D eigenvalue weighted by Gasteiger charge is -2.43. The summed E-state index contributed by atoms with van der Waals surface area (Å²) in [5, 5.41) is 43.1. The van der Waals surface area contributed by atoms with Crippen molar-refractivity contribution >= 4 is 17.3 Å². The molecule has 8 nitrogen and oxygen atoms in total. The Hall–Kier alpha value is -1.68. The van der Waals surface area contributed by atoms with E-state index >= 15 is 0 Å². The molecule has 1 saturated heterocycles. The van der Waals surface area contributed by atoms with E-state index in [9.17, 15) is 20.4 Å². The van der Waals surface area contributed by atoms with E-state index in [1.807, 2.05) is 23.1 Å². The molecule has 0 spiro atoms. The molecule has 5 N–H and O–H groups in total. The Morgan fingerprint density at radius 1 is 1.10 bits per heavy atom. The first kappa shape index (κ1) is 23.0. The van der Waals surface area contributed by atoms with Gasteiger partial charge in [-0.3, -0.25) is 4.90 Å². The molecule has 1 fully saturated rings. The zero-order valence-corrected chi connectivity index (χ0v) is 17.6. The van der Waals surface area contributed by atoms with E-state index in [0.29, 0.717) is 17.5 Å². The Balaban J connectivity index is 1.36. The van der Waals surface area contributed by atoms with Crippen molar-refractivity contribution in [1.82, 2.24) is 9.88 Å². The Labute approximate surface area is 181 Å². The summed E-state index contributed by atoms with van der Waals surface area (Å²) in [5.74, 6) is 0.530. The standard InChI is InChI=1S/C21H30ClN3O5/c22-15-9-14(21-24-6-8-30-21)10-16(11-15)23-5-3-1-2-4-7-25-12-18(27)20(29)19(28)17(25)13-26/h6,8-11,17-20,23,26-29H,1-5,7,12-13H2/t17-,18+,19-,20-/m1/s1. The van der Waals surface area contributed by atoms with Gasteiger partial charge in [0.25, 0.3) is 0 Å². The molecule has 0 amide bonds. The zero-order valence-electron chi connectivity index (χ0n) is 16.8. The van der Waals surface area contributed by atoms with Crippen LogP contribution in [-0.2, 0) is 0 Å². The predicted octanol–water partition coefficient (Wildman–Crippen LogP) is 1.73. The summed E-state index contributed by atoms with van der Waals surface area (Å²) in [6.45, 7) is 1.47. The maximum absolute atomic E-state index is 10.0. The Bertz CT molecular complexity index is 776. The van der Waals surface area contributed by atoms with Crippen LogP contribution in [0.25, 0.3) is 11.5 Å². The SMILES string of the molecule is OC[C@@H]1[C@@H](O)[C@H](O)[C@@H](O)CN1CCCCCCNc1cc(Cl)cc(-c2ncco2)c1. The summed E-state index contributed by atoms with van der Waals surface area (Å²) < 4.78 is 5.32. The molecule has 3 rings (SSSR count). The van der Waals surface area contributed by atoms with Crippen molar-refractivity contribution in [1.29, 1.82) is 0 Å². The summed E-state index contributed by atoms with van der Waals surface area (Å²) in [6.07, 6.45) is 3.66. The molecule has 2 heterocycles. The van der Waals surface area contributed by atoms with Crippen molar-refractivity contribution < 1.29 is 24.8 Å². The van der Waals surface area contributed by atoms with Crippen LogP contribution in [0.3, 0.4) is 0 Å². The van der Waals surface area contributed by atoms with E-state index in [0.717, 1.165) is 43.5 Å². The first-order chi connectivity index (χ1) is 14.5. The number of rotatable bonds is 10. The van der Waals surface area contributed by atoms with Crippen molar-refractivity contribution in [2.45, 2.75) is 50.0 Å². The summed E-state index contributed by atoms with van der Waals surface area (Å²) >= 11 is 6.19. The molecule has 1 aromatic heterocycles. The van der Waals surface area contributed by atoms with E-state index in [-0.39, 0.29) is 13.2 Å². The molecule has 0 aliphatic carbocycles. The van der Waals surface area contributed by atoms with Gasteiger partial charge in [-0.05, 0) is 37.6 Å². The highest BCUT2D eigenvalue weighted by atomic mass is 35.5. The molecule has 9 heteroatoms. The van der Waals surface area contributed by atoms with Gasteiger partial charge in [-0.25, -0.2) is 4.98 Å². The highest BCUT2D eigenvalue weighted by molar-refractivity contribution is 6.31. The molecule has 166 valence electrons. The van der Waals surface area contributed by atoms with Crippen LogP contribution in [0.1, 0.15) is 25.7 Å². The maximum Gasteiger partial charge on any atom is 0.225 e. The monoisotopic (exact) mass is 439 g/mol. The van der Waals surface area contributed by atoms with Crippen LogP contribution in [0.2, 0.25) is 5.02 Å². The molecule has 0 bridgehead atoms. The second-order valence-corrected chi connectivity index (χ2v) is 8.14. The Morgan fingerprint density at radius 2 is 1.90 bits per heavy atom. The average molecular weight is 440 g/mol. The summed E-state index contributed by atoms with van der Waals surface area (Å²) in [6, 6.07) is 5.09. The van der Waals surface area contributed by atoms with Crippen LogP contribution in [0.15, 0.2) is 35.1 Å². The molecule has 0 saturated carbocycles. The lowest BCUT2D eigenvalue weighted by Crippen LogP contribution is -2.62. The normalized spacial score (nSPS) is 24.8. The fourth-order valence-electron chi connectivity index (χ4n) is 3.84. The number of aromatic nitrogens is 1. The average Bonchev–Trinajstić information content (AvgIpc) is 3.26. The number of β-amino-alcohol motifs (C(OH)–C–C–N with tert-alkyl or cyclic N) is 1. The van der Waals surface area contributed by atoms with Crippen molar-refractivity contribution in [3.63, 3.8) is 0 Å². The smallest absolute Gasteiger partial charge is 0.225 e. The van der Waals surface area contributed by atoms with Gasteiger partial charge in [-0.2, -0.15) is 0 Å². The minimum Gasteiger partial charge on any atom is -0.445 e. The van der Waals surface area contributed by atoms with Crippen molar-refractivity contribution in [3.05, 3.63) is 35.7 Å². The third-order valence-electron chi connectivity index (χ3n) is 5.49. The number of hydrogen-bond donors (Lipinski definition) is 5. The minimum absolute atomic E-state index is 0.246. The van der Waals surface area contributed by atoms with Gasteiger partial charge < -0.3 is 30.2 Å². The number of nitrogens with zero attached hydrogens (tertiary/aromatic N) is 2. The lowest BCUT2D eigenvalue weighted by atomic mass is 9.94. The van der Waals surface area contributed by atoms with E-state index in [1.54, 1.807) is 6.20 Å². The van der Waals surface area contributed by atoms with Crippen LogP contribution in [0, 0.1) is 0 Å². The van der Waals surface area contributed by atoms with E-state index in [1.165, 1.54) is 6.26 Å². The van der Waals surface area contributed by atoms with Crippen molar-refractivity contribution in [2.24, 2.45) is 0 Å². The molecule has 0 unspecified atom stereocenters. The van der Waals surface area contributed by atoms with Crippen molar-refractivity contribution in [2.75, 3.05) is 31.6 Å². The molecule has 4 atom stereocenters. The Morgan fingerprint density at radius 3 is 2.63 bits per heavy atom. The van der Waals surface area contributed by atoms with Gasteiger partial charge in [-0.15, -0.1) is 0 Å². The minimum atomic E-state index is -1.21. The fourth-order valence-corrected chi connectivity index (χ4v) is 4.08. The first-order valence-electron chi connectivity index (χ1n) is 10.3. The van der Waals surface area contributed by atoms with Gasteiger partial charge in [0, 0.05) is 29.4 Å². The molecule has 30 heavy (non-hydrogen) atoms. The third kappa shape index (κ3) is 5.94. The second-order valence-electron chi connectivity index (χ2n) is 7.70. The quantitative estimate of drug-likeness (QED) is 0.355. The number of likely N-dealkylation sites (tertiary alicyclic amines) is 1. The number of aliphatic hydroxyl groups excluding tert-OH is 4. The number of piperidine rings is 1. The van der Waals surface area contributed by atoms with Gasteiger partial charge in [0.15, 0.2) is 0 Å². The van der Waals surface area contributed by atoms with Crippen molar-refractivity contribution in [3.8, 4) is 11.5 Å². The van der Waals surface area contributed by atoms with E-state index < -0.39 is 24.4 Å². The van der Waals surface area contributed by atoms with Crippen LogP contribution in [0.4, 0.5) is 5.69 Å². The predicted molar refractivity (Wildman–Crippen MR) is 114 cm³/mol. The second kappa shape index (κ2) is 11.1. The third-order valence-corrected chi connectivity index (χ3v) is 5.71. The molecular weight excluding hydrogens is 410 g/mol.